The smallest absolute Gasteiger partial charge is 0.0116 e. The lowest BCUT2D eigenvalue weighted by Gasteiger charge is -1.95. The van der Waals surface area contributed by atoms with Crippen LogP contribution in [0.15, 0.2) is 89.2 Å². The van der Waals surface area contributed by atoms with E-state index in [1.807, 2.05) is 30.4 Å². The van der Waals surface area contributed by atoms with Crippen LogP contribution in [0.25, 0.3) is 6.08 Å². The minimum Gasteiger partial charge on any atom is -0.0981 e. The third-order valence-corrected chi connectivity index (χ3v) is 3.56. The summed E-state index contributed by atoms with van der Waals surface area (Å²) in [5.41, 5.74) is 2.51. The predicted molar refractivity (Wildman–Crippen MR) is 90.8 cm³/mol. The molecule has 0 radical (unpaired) electrons. The van der Waals surface area contributed by atoms with E-state index in [9.17, 15) is 0 Å². The molecule has 0 heterocycles. The highest BCUT2D eigenvalue weighted by Crippen LogP contribution is 2.19. The second-order valence-electron chi connectivity index (χ2n) is 4.41. The summed E-state index contributed by atoms with van der Waals surface area (Å²) in [5.74, 6) is 0. The summed E-state index contributed by atoms with van der Waals surface area (Å²) in [4.78, 5) is 1.26. The van der Waals surface area contributed by atoms with Crippen molar-refractivity contribution in [3.63, 3.8) is 0 Å². The number of benzene rings is 2. The second kappa shape index (κ2) is 8.23. The molecule has 0 aliphatic heterocycles. The van der Waals surface area contributed by atoms with Crippen LogP contribution < -0.4 is 0 Å². The van der Waals surface area contributed by atoms with Crippen LogP contribution in [-0.4, -0.2) is 0 Å². The molecule has 0 saturated heterocycles. The largest absolute Gasteiger partial charge is 0.0981 e. The van der Waals surface area contributed by atoms with E-state index >= 15 is 0 Å². The second-order valence-corrected chi connectivity index (χ2v) is 5.39. The number of aryl methyl sites for hydroxylation is 1. The van der Waals surface area contributed by atoms with Gasteiger partial charge in [-0.3, -0.25) is 0 Å². The van der Waals surface area contributed by atoms with Gasteiger partial charge in [-0.2, -0.15) is 0 Å². The van der Waals surface area contributed by atoms with E-state index in [-0.39, 0.29) is 0 Å². The molecule has 2 aromatic carbocycles. The molecule has 0 N–H and O–H groups in total. The number of rotatable bonds is 5. The first-order chi connectivity index (χ1) is 9.84. The standard InChI is InChI=1S/C19H18S/c1-17-12-14-19(15-13-17)20-16-8-3-2-5-9-18-10-6-4-7-11-18/h2-16H,1H3/b3-2-,9-5-,16-8+. The molecule has 0 amide bonds. The van der Waals surface area contributed by atoms with Gasteiger partial charge in [-0.15, -0.1) is 0 Å². The highest BCUT2D eigenvalue weighted by molar-refractivity contribution is 8.02. The molecule has 2 aromatic rings. The summed E-state index contributed by atoms with van der Waals surface area (Å²) in [5, 5.41) is 2.09. The summed E-state index contributed by atoms with van der Waals surface area (Å²) in [7, 11) is 0. The number of hydrogen-bond donors (Lipinski definition) is 0. The maximum absolute atomic E-state index is 2.14. The van der Waals surface area contributed by atoms with Crippen molar-refractivity contribution >= 4 is 17.8 Å². The minimum atomic E-state index is 1.22. The molecule has 0 atom stereocenters. The monoisotopic (exact) mass is 278 g/mol. The first-order valence-corrected chi connectivity index (χ1v) is 7.51. The topological polar surface area (TPSA) is 0 Å². The fraction of sp³-hybridized carbons (Fsp3) is 0.0526. The Morgan fingerprint density at radius 1 is 0.750 bits per heavy atom. The molecule has 0 spiro atoms. The van der Waals surface area contributed by atoms with Gasteiger partial charge in [0.1, 0.15) is 0 Å². The van der Waals surface area contributed by atoms with Gasteiger partial charge in [-0.1, -0.05) is 90.2 Å². The minimum absolute atomic E-state index is 1.22. The van der Waals surface area contributed by atoms with Crippen LogP contribution in [0.5, 0.6) is 0 Å². The molecule has 0 saturated carbocycles. The molecule has 0 aliphatic carbocycles. The summed E-state index contributed by atoms with van der Waals surface area (Å²) >= 11 is 1.73. The molecule has 0 bridgehead atoms. The molecule has 0 nitrogen and oxygen atoms in total. The van der Waals surface area contributed by atoms with Gasteiger partial charge in [0.05, 0.1) is 0 Å². The van der Waals surface area contributed by atoms with Gasteiger partial charge < -0.3 is 0 Å². The van der Waals surface area contributed by atoms with E-state index in [1.54, 1.807) is 11.8 Å². The van der Waals surface area contributed by atoms with E-state index in [2.05, 4.69) is 67.0 Å². The third-order valence-electron chi connectivity index (χ3n) is 2.73. The first kappa shape index (κ1) is 14.4. The van der Waals surface area contributed by atoms with Crippen LogP contribution >= 0.6 is 11.8 Å². The maximum Gasteiger partial charge on any atom is 0.0116 e. The van der Waals surface area contributed by atoms with Crippen molar-refractivity contribution in [2.75, 3.05) is 0 Å². The van der Waals surface area contributed by atoms with Crippen LogP contribution in [0.2, 0.25) is 0 Å². The third kappa shape index (κ3) is 5.33. The zero-order valence-corrected chi connectivity index (χ0v) is 12.4. The van der Waals surface area contributed by atoms with Crippen molar-refractivity contribution in [1.82, 2.24) is 0 Å². The maximum atomic E-state index is 2.14. The normalized spacial score (nSPS) is 11.8. The van der Waals surface area contributed by atoms with Crippen molar-refractivity contribution in [3.05, 3.63) is 95.4 Å². The van der Waals surface area contributed by atoms with Crippen LogP contribution in [0, 0.1) is 6.92 Å². The lowest BCUT2D eigenvalue weighted by molar-refractivity contribution is 1.38. The molecule has 0 fully saturated rings. The van der Waals surface area contributed by atoms with Crippen LogP contribution in [0.1, 0.15) is 11.1 Å². The zero-order chi connectivity index (χ0) is 14.0. The van der Waals surface area contributed by atoms with E-state index in [0.29, 0.717) is 0 Å². The Bertz CT molecular complexity index is 589. The van der Waals surface area contributed by atoms with Crippen molar-refractivity contribution in [2.45, 2.75) is 11.8 Å². The van der Waals surface area contributed by atoms with E-state index in [1.165, 1.54) is 16.0 Å². The average molecular weight is 278 g/mol. The fourth-order valence-corrected chi connectivity index (χ4v) is 2.26. The SMILES string of the molecule is Cc1ccc(S/C=C/C=C\C=C/c2ccccc2)cc1. The van der Waals surface area contributed by atoms with Gasteiger partial charge in [0, 0.05) is 4.90 Å². The molecule has 100 valence electrons. The van der Waals surface area contributed by atoms with E-state index in [4.69, 9.17) is 0 Å². The quantitative estimate of drug-likeness (QED) is 0.487. The number of thioether (sulfide) groups is 1. The lowest BCUT2D eigenvalue weighted by Crippen LogP contribution is -1.70. The van der Waals surface area contributed by atoms with Crippen LogP contribution in [-0.2, 0) is 0 Å². The number of hydrogen-bond acceptors (Lipinski definition) is 1. The molecule has 0 unspecified atom stereocenters. The molecule has 0 aliphatic rings. The van der Waals surface area contributed by atoms with Crippen LogP contribution in [0.4, 0.5) is 0 Å². The first-order valence-electron chi connectivity index (χ1n) is 6.63. The molecule has 0 aromatic heterocycles. The zero-order valence-electron chi connectivity index (χ0n) is 11.6. The Morgan fingerprint density at radius 2 is 1.45 bits per heavy atom. The van der Waals surface area contributed by atoms with Gasteiger partial charge >= 0.3 is 0 Å². The summed E-state index contributed by atoms with van der Waals surface area (Å²) in [6.07, 6.45) is 10.3. The Morgan fingerprint density at radius 3 is 2.20 bits per heavy atom. The summed E-state index contributed by atoms with van der Waals surface area (Å²) < 4.78 is 0. The highest BCUT2D eigenvalue weighted by atomic mass is 32.2. The van der Waals surface area contributed by atoms with Crippen molar-refractivity contribution < 1.29 is 0 Å². The van der Waals surface area contributed by atoms with Gasteiger partial charge in [0.25, 0.3) is 0 Å². The Hall–Kier alpha value is -1.99. The highest BCUT2D eigenvalue weighted by Gasteiger charge is 1.88. The lowest BCUT2D eigenvalue weighted by atomic mass is 10.2. The number of allylic oxidation sites excluding steroid dienone is 4. The molecule has 1 heteroatoms. The molecule has 20 heavy (non-hydrogen) atoms. The predicted octanol–water partition coefficient (Wildman–Crippen LogP) is 5.87. The van der Waals surface area contributed by atoms with Gasteiger partial charge in [0.15, 0.2) is 0 Å². The van der Waals surface area contributed by atoms with Gasteiger partial charge in [-0.25, -0.2) is 0 Å². The molecule has 2 rings (SSSR count). The van der Waals surface area contributed by atoms with Crippen molar-refractivity contribution in [2.24, 2.45) is 0 Å². The average Bonchev–Trinajstić information content (AvgIpc) is 2.49. The van der Waals surface area contributed by atoms with E-state index < -0.39 is 0 Å². The van der Waals surface area contributed by atoms with Crippen molar-refractivity contribution in [3.8, 4) is 0 Å². The summed E-state index contributed by atoms with van der Waals surface area (Å²) in [6, 6.07) is 18.8. The van der Waals surface area contributed by atoms with Gasteiger partial charge in [0.2, 0.25) is 0 Å². The Labute approximate surface area is 125 Å². The van der Waals surface area contributed by atoms with Crippen molar-refractivity contribution in [1.29, 1.82) is 0 Å². The van der Waals surface area contributed by atoms with Gasteiger partial charge in [-0.05, 0) is 30.0 Å². The molecular formula is C19H18S. The Balaban J connectivity index is 1.77. The fourth-order valence-electron chi connectivity index (χ4n) is 1.64. The van der Waals surface area contributed by atoms with Crippen LogP contribution in [0.3, 0.4) is 0 Å². The Kier molecular flexibility index (Phi) is 5.94. The summed E-state index contributed by atoms with van der Waals surface area (Å²) in [6.45, 7) is 2.10. The van der Waals surface area contributed by atoms with E-state index in [0.717, 1.165) is 0 Å². The molecular weight excluding hydrogens is 260 g/mol.